The fourth-order valence-corrected chi connectivity index (χ4v) is 1.79. The molecule has 0 fully saturated rings. The van der Waals surface area contributed by atoms with Crippen LogP contribution in [0.2, 0.25) is 0 Å². The third-order valence-corrected chi connectivity index (χ3v) is 2.90. The summed E-state index contributed by atoms with van der Waals surface area (Å²) in [6.45, 7) is 0. The van der Waals surface area contributed by atoms with Crippen molar-refractivity contribution < 1.29 is 4.79 Å². The van der Waals surface area contributed by atoms with Gasteiger partial charge in [-0.05, 0) is 35.8 Å². The summed E-state index contributed by atoms with van der Waals surface area (Å²) in [6.07, 6.45) is 4.78. The molecule has 0 spiro atoms. The van der Waals surface area contributed by atoms with Gasteiger partial charge in [-0.3, -0.25) is 4.79 Å². The first-order valence-electron chi connectivity index (χ1n) is 6.34. The molecule has 2 heteroatoms. The van der Waals surface area contributed by atoms with Gasteiger partial charge in [0.15, 0.2) is 5.78 Å². The highest BCUT2D eigenvalue weighted by atomic mass is 16.1. The molecule has 0 heterocycles. The average Bonchev–Trinajstić information content (AvgIpc) is 2.45. The molecule has 96 valence electrons. The van der Waals surface area contributed by atoms with Gasteiger partial charge < -0.3 is 5.73 Å². The lowest BCUT2D eigenvalue weighted by atomic mass is 10.1. The molecule has 0 atom stereocenters. The molecule has 2 aromatic rings. The molecule has 0 aliphatic rings. The summed E-state index contributed by atoms with van der Waals surface area (Å²) < 4.78 is 0. The van der Waals surface area contributed by atoms with Gasteiger partial charge in [0.2, 0.25) is 0 Å². The Morgan fingerprint density at radius 3 is 2.37 bits per heavy atom. The van der Waals surface area contributed by atoms with Gasteiger partial charge in [0.25, 0.3) is 0 Å². The fraction of sp³-hybridized carbons (Fsp3) is 0.118. The van der Waals surface area contributed by atoms with Crippen LogP contribution in [0, 0.1) is 0 Å². The van der Waals surface area contributed by atoms with Crippen LogP contribution in [0.25, 0.3) is 6.08 Å². The number of carbonyl (C=O) groups is 1. The fourth-order valence-electron chi connectivity index (χ4n) is 1.79. The maximum Gasteiger partial charge on any atom is 0.156 e. The molecular formula is C17H17NO. The van der Waals surface area contributed by atoms with Gasteiger partial charge in [0.05, 0.1) is 0 Å². The number of hydrogen-bond donors (Lipinski definition) is 1. The van der Waals surface area contributed by atoms with Crippen molar-refractivity contribution in [2.24, 2.45) is 0 Å². The molecule has 0 saturated carbocycles. The van der Waals surface area contributed by atoms with Crippen molar-refractivity contribution in [3.8, 4) is 0 Å². The molecule has 2 nitrogen and oxygen atoms in total. The van der Waals surface area contributed by atoms with Gasteiger partial charge in [0.1, 0.15) is 0 Å². The molecule has 19 heavy (non-hydrogen) atoms. The summed E-state index contributed by atoms with van der Waals surface area (Å²) in [4.78, 5) is 11.7. The van der Waals surface area contributed by atoms with Gasteiger partial charge in [-0.25, -0.2) is 0 Å². The van der Waals surface area contributed by atoms with Crippen LogP contribution >= 0.6 is 0 Å². The molecule has 2 rings (SSSR count). The van der Waals surface area contributed by atoms with E-state index >= 15 is 0 Å². The lowest BCUT2D eigenvalue weighted by molar-refractivity contribution is -0.114. The van der Waals surface area contributed by atoms with Crippen LogP contribution in [0.1, 0.15) is 17.5 Å². The lowest BCUT2D eigenvalue weighted by Gasteiger charge is -1.98. The van der Waals surface area contributed by atoms with Crippen LogP contribution in [-0.2, 0) is 11.2 Å². The van der Waals surface area contributed by atoms with E-state index in [0.717, 1.165) is 17.7 Å². The molecular weight excluding hydrogens is 234 g/mol. The van der Waals surface area contributed by atoms with Gasteiger partial charge in [0, 0.05) is 12.1 Å². The Labute approximate surface area is 113 Å². The third kappa shape index (κ3) is 4.43. The largest absolute Gasteiger partial charge is 0.399 e. The van der Waals surface area contributed by atoms with Crippen molar-refractivity contribution in [2.45, 2.75) is 12.8 Å². The topological polar surface area (TPSA) is 43.1 Å². The van der Waals surface area contributed by atoms with Gasteiger partial charge in [-0.1, -0.05) is 48.5 Å². The Morgan fingerprint density at radius 1 is 1.00 bits per heavy atom. The number of nitrogens with two attached hydrogens (primary N) is 1. The summed E-state index contributed by atoms with van der Waals surface area (Å²) in [5, 5.41) is 0. The van der Waals surface area contributed by atoms with E-state index in [0.29, 0.717) is 6.42 Å². The number of ketones is 1. The molecule has 2 aromatic carbocycles. The zero-order valence-corrected chi connectivity index (χ0v) is 10.8. The number of carbonyl (C=O) groups excluding carboxylic acids is 1. The average molecular weight is 251 g/mol. The first-order valence-corrected chi connectivity index (χ1v) is 6.34. The molecule has 2 N–H and O–H groups in total. The Bertz CT molecular complexity index is 556. The van der Waals surface area contributed by atoms with E-state index in [1.54, 1.807) is 6.08 Å². The number of benzene rings is 2. The summed E-state index contributed by atoms with van der Waals surface area (Å²) in [6, 6.07) is 17.5. The monoisotopic (exact) mass is 251 g/mol. The molecule has 0 aliphatic carbocycles. The predicted octanol–water partition coefficient (Wildman–Crippen LogP) is 3.48. The van der Waals surface area contributed by atoms with E-state index in [2.05, 4.69) is 0 Å². The van der Waals surface area contributed by atoms with Gasteiger partial charge in [-0.2, -0.15) is 0 Å². The number of aryl methyl sites for hydroxylation is 1. The van der Waals surface area contributed by atoms with Crippen molar-refractivity contribution in [1.29, 1.82) is 0 Å². The summed E-state index contributed by atoms with van der Waals surface area (Å²) in [5.41, 5.74) is 8.51. The molecule has 0 bridgehead atoms. The van der Waals surface area contributed by atoms with Crippen LogP contribution < -0.4 is 5.73 Å². The highest BCUT2D eigenvalue weighted by Crippen LogP contribution is 2.08. The number of rotatable bonds is 5. The smallest absolute Gasteiger partial charge is 0.156 e. The third-order valence-electron chi connectivity index (χ3n) is 2.90. The van der Waals surface area contributed by atoms with Crippen LogP contribution in [-0.4, -0.2) is 5.78 Å². The second kappa shape index (κ2) is 6.55. The van der Waals surface area contributed by atoms with Crippen molar-refractivity contribution >= 4 is 17.5 Å². The molecule has 0 amide bonds. The molecule has 0 aromatic heterocycles. The second-order valence-electron chi connectivity index (χ2n) is 4.45. The van der Waals surface area contributed by atoms with Crippen molar-refractivity contribution in [3.63, 3.8) is 0 Å². The standard InChI is InChI=1S/C17H17NO/c18-16-10-6-15(7-11-16)9-13-17(19)12-8-14-4-2-1-3-5-14/h1-7,9-11,13H,8,12,18H2/b13-9+. The highest BCUT2D eigenvalue weighted by Gasteiger charge is 1.98. The van der Waals surface area contributed by atoms with E-state index in [1.165, 1.54) is 5.56 Å². The summed E-state index contributed by atoms with van der Waals surface area (Å²) in [7, 11) is 0. The quantitative estimate of drug-likeness (QED) is 0.653. The molecule has 0 aliphatic heterocycles. The Morgan fingerprint density at radius 2 is 1.68 bits per heavy atom. The van der Waals surface area contributed by atoms with Crippen molar-refractivity contribution in [2.75, 3.05) is 5.73 Å². The Balaban J connectivity index is 1.86. The maximum atomic E-state index is 11.7. The van der Waals surface area contributed by atoms with Gasteiger partial charge >= 0.3 is 0 Å². The maximum absolute atomic E-state index is 11.7. The minimum atomic E-state index is 0.140. The van der Waals surface area contributed by atoms with Crippen LogP contribution in [0.4, 0.5) is 5.69 Å². The van der Waals surface area contributed by atoms with Crippen LogP contribution in [0.15, 0.2) is 60.7 Å². The molecule has 0 saturated heterocycles. The zero-order valence-electron chi connectivity index (χ0n) is 10.8. The molecule has 0 radical (unpaired) electrons. The SMILES string of the molecule is Nc1ccc(/C=C/C(=O)CCc2ccccc2)cc1. The number of anilines is 1. The minimum absolute atomic E-state index is 0.140. The van der Waals surface area contributed by atoms with Gasteiger partial charge in [-0.15, -0.1) is 0 Å². The van der Waals surface area contributed by atoms with Crippen LogP contribution in [0.3, 0.4) is 0 Å². The first-order chi connectivity index (χ1) is 9.24. The zero-order chi connectivity index (χ0) is 13.5. The van der Waals surface area contributed by atoms with E-state index < -0.39 is 0 Å². The number of nitrogen functional groups attached to an aromatic ring is 1. The summed E-state index contributed by atoms with van der Waals surface area (Å²) >= 11 is 0. The Kier molecular flexibility index (Phi) is 4.51. The highest BCUT2D eigenvalue weighted by molar-refractivity contribution is 5.93. The van der Waals surface area contributed by atoms with E-state index in [9.17, 15) is 4.79 Å². The Hall–Kier alpha value is -2.35. The first kappa shape index (κ1) is 13.1. The predicted molar refractivity (Wildman–Crippen MR) is 79.7 cm³/mol. The van der Waals surface area contributed by atoms with E-state index in [1.807, 2.05) is 60.7 Å². The van der Waals surface area contributed by atoms with E-state index in [4.69, 9.17) is 5.73 Å². The number of hydrogen-bond acceptors (Lipinski definition) is 2. The molecule has 0 unspecified atom stereocenters. The van der Waals surface area contributed by atoms with Crippen LogP contribution in [0.5, 0.6) is 0 Å². The van der Waals surface area contributed by atoms with Crippen molar-refractivity contribution in [1.82, 2.24) is 0 Å². The normalized spacial score (nSPS) is 10.7. The second-order valence-corrected chi connectivity index (χ2v) is 4.45. The van der Waals surface area contributed by atoms with E-state index in [-0.39, 0.29) is 5.78 Å². The number of allylic oxidation sites excluding steroid dienone is 1. The lowest BCUT2D eigenvalue weighted by Crippen LogP contribution is -1.95. The van der Waals surface area contributed by atoms with Crippen molar-refractivity contribution in [3.05, 3.63) is 71.8 Å². The summed E-state index contributed by atoms with van der Waals surface area (Å²) in [5.74, 6) is 0.140. The minimum Gasteiger partial charge on any atom is -0.399 e.